The molecule has 7 heteroatoms. The van der Waals surface area contributed by atoms with E-state index in [1.165, 1.54) is 0 Å². The van der Waals surface area contributed by atoms with E-state index in [1.807, 2.05) is 0 Å². The van der Waals surface area contributed by atoms with Crippen LogP contribution in [0.5, 0.6) is 0 Å². The van der Waals surface area contributed by atoms with E-state index in [0.717, 1.165) is 0 Å². The summed E-state index contributed by atoms with van der Waals surface area (Å²) in [6.45, 7) is 0. The Morgan fingerprint density at radius 3 is 1.64 bits per heavy atom. The summed E-state index contributed by atoms with van der Waals surface area (Å²) in [4.78, 5) is 18.8. The Balaban J connectivity index is -0.000000320. The van der Waals surface area contributed by atoms with Crippen molar-refractivity contribution in [3.8, 4) is 0 Å². The molecule has 0 saturated carbocycles. The van der Waals surface area contributed by atoms with Crippen molar-refractivity contribution in [2.24, 2.45) is 0 Å². The molecule has 0 atom stereocenters. The van der Waals surface area contributed by atoms with Crippen molar-refractivity contribution < 1.29 is 83.3 Å². The summed E-state index contributed by atoms with van der Waals surface area (Å²) >= 11 is 0. The van der Waals surface area contributed by atoms with Gasteiger partial charge in [0.15, 0.2) is 0 Å². The smallest absolute Gasteiger partial charge is 0.545 e. The van der Waals surface area contributed by atoms with Crippen molar-refractivity contribution in [2.75, 3.05) is 0 Å². The van der Waals surface area contributed by atoms with Crippen LogP contribution in [0, 0.1) is 0 Å². The Labute approximate surface area is 106 Å². The Bertz CT molecular complexity index is 179. The monoisotopic (exact) mass is 178 g/mol. The van der Waals surface area contributed by atoms with Crippen LogP contribution < -0.4 is 69.3 Å². The zero-order valence-corrected chi connectivity index (χ0v) is 10.1. The van der Waals surface area contributed by atoms with E-state index in [4.69, 9.17) is 0 Å². The molecule has 0 amide bonds. The van der Waals surface area contributed by atoms with Crippen LogP contribution in [0.25, 0.3) is 0 Å². The van der Waals surface area contributed by atoms with Crippen LogP contribution in [-0.2, 0) is 9.59 Å². The minimum Gasteiger partial charge on any atom is -0.545 e. The summed E-state index contributed by atoms with van der Waals surface area (Å²) in [6, 6.07) is 0. The van der Waals surface area contributed by atoms with Crippen molar-refractivity contribution in [1.29, 1.82) is 0 Å². The van der Waals surface area contributed by atoms with E-state index in [2.05, 4.69) is 0 Å². The molecule has 11 heavy (non-hydrogen) atoms. The van der Waals surface area contributed by atoms with Crippen molar-refractivity contribution in [1.82, 2.24) is 0 Å². The summed E-state index contributed by atoms with van der Waals surface area (Å²) in [6.07, 6.45) is -0.199. The fraction of sp³-hybridized carbons (Fsp3) is 0. The number of carbonyl (C=O) groups is 2. The number of rotatable bonds is 2. The Morgan fingerprint density at radius 1 is 1.18 bits per heavy atom. The van der Waals surface area contributed by atoms with E-state index in [-0.39, 0.29) is 65.2 Å². The average molecular weight is 178 g/mol. The maximum Gasteiger partial charge on any atom is 1.00 e. The topological polar surface area (TPSA) is 80.3 Å². The number of aliphatic carboxylic acids is 2. The summed E-state index contributed by atoms with van der Waals surface area (Å²) in [5.74, 6) is -5.93. The number of carboxylic acid groups (broad SMARTS) is 2. The van der Waals surface area contributed by atoms with Gasteiger partial charge >= 0.3 is 59.1 Å². The van der Waals surface area contributed by atoms with Gasteiger partial charge in [-0.2, -0.15) is 0 Å². The first kappa shape index (κ1) is 17.6. The standard InChI is InChI=1S/C4H3FO4.2Na/c5-2(4(8)9)1-3(6)7;;/h1H,(H,6,7)(H,8,9);;/q;2*+1/p-2/b2-1-;;. The molecule has 4 nitrogen and oxygen atoms in total. The fourth-order valence-corrected chi connectivity index (χ4v) is 0.162. The summed E-state index contributed by atoms with van der Waals surface area (Å²) in [5.41, 5.74) is 0. The second-order valence-corrected chi connectivity index (χ2v) is 1.10. The molecule has 0 fully saturated rings. The molecule has 0 aromatic rings. The molecular formula is C4HFNa2O4. The second kappa shape index (κ2) is 8.70. The van der Waals surface area contributed by atoms with Crippen molar-refractivity contribution in [3.05, 3.63) is 11.9 Å². The molecule has 0 N–H and O–H groups in total. The van der Waals surface area contributed by atoms with Crippen LogP contribution in [0.4, 0.5) is 4.39 Å². The van der Waals surface area contributed by atoms with Crippen LogP contribution >= 0.6 is 0 Å². The zero-order chi connectivity index (χ0) is 7.44. The molecule has 0 heterocycles. The van der Waals surface area contributed by atoms with Crippen molar-refractivity contribution >= 4 is 11.9 Å². The number of halogens is 1. The van der Waals surface area contributed by atoms with Gasteiger partial charge in [0.2, 0.25) is 0 Å². The van der Waals surface area contributed by atoms with Gasteiger partial charge in [0, 0.05) is 0 Å². The third-order valence-electron chi connectivity index (χ3n) is 0.440. The third kappa shape index (κ3) is 10.6. The molecular weight excluding hydrogens is 177 g/mol. The first-order valence-electron chi connectivity index (χ1n) is 1.83. The average Bonchev–Trinajstić information content (AvgIpc) is 1.63. The largest absolute Gasteiger partial charge is 1.00 e. The number of hydrogen-bond acceptors (Lipinski definition) is 4. The third-order valence-corrected chi connectivity index (χ3v) is 0.440. The van der Waals surface area contributed by atoms with Gasteiger partial charge in [-0.1, -0.05) is 0 Å². The fourth-order valence-electron chi connectivity index (χ4n) is 0.162. The van der Waals surface area contributed by atoms with Crippen LogP contribution in [0.1, 0.15) is 0 Å². The van der Waals surface area contributed by atoms with Gasteiger partial charge in [-0.15, -0.1) is 0 Å². The number of hydrogen-bond donors (Lipinski definition) is 0. The normalized spacial score (nSPS) is 9.00. The summed E-state index contributed by atoms with van der Waals surface area (Å²) in [5, 5.41) is 18.8. The molecule has 0 saturated heterocycles. The summed E-state index contributed by atoms with van der Waals surface area (Å²) in [7, 11) is 0. The summed E-state index contributed by atoms with van der Waals surface area (Å²) < 4.78 is 11.6. The Hall–Kier alpha value is 0.610. The van der Waals surface area contributed by atoms with Gasteiger partial charge < -0.3 is 19.8 Å². The minimum absolute atomic E-state index is 0. The second-order valence-electron chi connectivity index (χ2n) is 1.10. The molecule has 0 spiro atoms. The molecule has 50 valence electrons. The molecule has 0 aliphatic heterocycles. The maximum atomic E-state index is 11.6. The van der Waals surface area contributed by atoms with E-state index >= 15 is 0 Å². The van der Waals surface area contributed by atoms with Gasteiger partial charge in [0.05, 0.1) is 5.97 Å². The molecule has 0 aliphatic carbocycles. The van der Waals surface area contributed by atoms with E-state index in [1.54, 1.807) is 0 Å². The van der Waals surface area contributed by atoms with Gasteiger partial charge in [-0.25, -0.2) is 4.39 Å². The van der Waals surface area contributed by atoms with E-state index in [9.17, 15) is 24.2 Å². The predicted octanol–water partition coefficient (Wildman–Crippen LogP) is -8.65. The SMILES string of the molecule is O=C([O-])/C=C(\F)C(=O)[O-].[Na+].[Na+]. The van der Waals surface area contributed by atoms with Crippen LogP contribution in [0.15, 0.2) is 11.9 Å². The number of carbonyl (C=O) groups excluding carboxylic acids is 2. The first-order valence-corrected chi connectivity index (χ1v) is 1.83. The minimum atomic E-state index is -2.17. The Morgan fingerprint density at radius 2 is 1.55 bits per heavy atom. The molecule has 0 aromatic heterocycles. The number of carboxylic acids is 2. The van der Waals surface area contributed by atoms with Gasteiger partial charge in [0.1, 0.15) is 11.8 Å². The van der Waals surface area contributed by atoms with Gasteiger partial charge in [-0.3, -0.25) is 0 Å². The molecule has 0 radical (unpaired) electrons. The quantitative estimate of drug-likeness (QED) is 0.310. The molecule has 0 rings (SSSR count). The molecule has 0 bridgehead atoms. The van der Waals surface area contributed by atoms with Crippen LogP contribution in [0.3, 0.4) is 0 Å². The molecule has 0 unspecified atom stereocenters. The molecule has 0 aromatic carbocycles. The van der Waals surface area contributed by atoms with Crippen molar-refractivity contribution in [2.45, 2.75) is 0 Å². The molecule has 0 aliphatic rings. The Kier molecular flexibility index (Phi) is 14.0. The van der Waals surface area contributed by atoms with Crippen molar-refractivity contribution in [3.63, 3.8) is 0 Å². The predicted molar refractivity (Wildman–Crippen MR) is 19.2 cm³/mol. The zero-order valence-electron chi connectivity index (χ0n) is 6.09. The van der Waals surface area contributed by atoms with Gasteiger partial charge in [0.25, 0.3) is 0 Å². The first-order chi connectivity index (χ1) is 4.04. The van der Waals surface area contributed by atoms with E-state index < -0.39 is 17.8 Å². The van der Waals surface area contributed by atoms with E-state index in [0.29, 0.717) is 0 Å². The van der Waals surface area contributed by atoms with Crippen LogP contribution in [-0.4, -0.2) is 11.9 Å². The maximum absolute atomic E-state index is 11.6. The van der Waals surface area contributed by atoms with Crippen LogP contribution in [0.2, 0.25) is 0 Å². The van der Waals surface area contributed by atoms with Gasteiger partial charge in [-0.05, 0) is 6.08 Å².